The third-order valence-electron chi connectivity index (χ3n) is 5.60. The lowest BCUT2D eigenvalue weighted by molar-refractivity contribution is -0.100. The molecule has 0 unspecified atom stereocenters. The van der Waals surface area contributed by atoms with Gasteiger partial charge < -0.3 is 38.1 Å². The van der Waals surface area contributed by atoms with Crippen LogP contribution >= 0.6 is 0 Å². The van der Waals surface area contributed by atoms with E-state index in [-0.39, 0.29) is 5.69 Å². The number of nitrogens with zero attached hydrogens (tertiary/aromatic N) is 6. The van der Waals surface area contributed by atoms with Gasteiger partial charge in [-0.3, -0.25) is 0 Å². The van der Waals surface area contributed by atoms with Gasteiger partial charge in [0.25, 0.3) is 0 Å². The maximum Gasteiger partial charge on any atom is 0.509 e. The standard InChI is InChI=1S/C27H36N6O10/c1-15(2)38-24(34)37-12-27(11-28)22(42-26(36)40-17(5)6)21(41-25(35)39-16(3)4)20(43-27)18-9-10-19-23(30-14-32(7)8)29-13-31-33(18)19/h9-10,13-17,20-22H,12H2,1-8H3/b30-14-/t20-,21-,22-,27+/m0/s1. The number of carbonyl (C=O) groups is 3. The normalized spacial score (nSPS) is 21.7. The van der Waals surface area contributed by atoms with Crippen LogP contribution in [-0.2, 0) is 33.2 Å². The monoisotopic (exact) mass is 604 g/mol. The molecule has 1 fully saturated rings. The molecule has 0 amide bonds. The van der Waals surface area contributed by atoms with Crippen molar-refractivity contribution in [1.82, 2.24) is 19.5 Å². The first-order valence-electron chi connectivity index (χ1n) is 13.5. The molecule has 234 valence electrons. The lowest BCUT2D eigenvalue weighted by Gasteiger charge is -2.28. The summed E-state index contributed by atoms with van der Waals surface area (Å²) in [6.07, 6.45) is -6.73. The third-order valence-corrected chi connectivity index (χ3v) is 5.60. The number of rotatable bonds is 10. The summed E-state index contributed by atoms with van der Waals surface area (Å²) >= 11 is 0. The van der Waals surface area contributed by atoms with Crippen LogP contribution in [0.3, 0.4) is 0 Å². The summed E-state index contributed by atoms with van der Waals surface area (Å²) in [6.45, 7) is 8.86. The smallest absolute Gasteiger partial charge is 0.432 e. The molecule has 4 atom stereocenters. The Kier molecular flexibility index (Phi) is 10.7. The number of aliphatic imine (C=N–C) groups is 1. The van der Waals surface area contributed by atoms with Gasteiger partial charge in [0, 0.05) is 14.1 Å². The van der Waals surface area contributed by atoms with E-state index < -0.39 is 67.3 Å². The Labute approximate surface area is 248 Å². The molecule has 3 heterocycles. The maximum absolute atomic E-state index is 12.8. The second-order valence-electron chi connectivity index (χ2n) is 10.5. The molecule has 0 radical (unpaired) electrons. The van der Waals surface area contributed by atoms with Crippen molar-refractivity contribution >= 4 is 36.1 Å². The van der Waals surface area contributed by atoms with Crippen LogP contribution in [0, 0.1) is 11.3 Å². The highest BCUT2D eigenvalue weighted by Gasteiger charge is 2.62. The van der Waals surface area contributed by atoms with E-state index in [1.165, 1.54) is 10.8 Å². The average Bonchev–Trinajstić information content (AvgIpc) is 3.45. The van der Waals surface area contributed by atoms with E-state index in [1.807, 2.05) is 6.07 Å². The van der Waals surface area contributed by atoms with Crippen molar-refractivity contribution in [1.29, 1.82) is 5.26 Å². The van der Waals surface area contributed by atoms with Crippen LogP contribution in [0.15, 0.2) is 23.5 Å². The predicted octanol–water partition coefficient (Wildman–Crippen LogP) is 3.71. The Morgan fingerprint density at radius 2 is 1.65 bits per heavy atom. The quantitative estimate of drug-likeness (QED) is 0.165. The summed E-state index contributed by atoms with van der Waals surface area (Å²) in [5, 5.41) is 14.7. The van der Waals surface area contributed by atoms with Gasteiger partial charge in [0.1, 0.15) is 30.6 Å². The van der Waals surface area contributed by atoms with Crippen LogP contribution in [0.5, 0.6) is 0 Å². The third kappa shape index (κ3) is 8.22. The number of fused-ring (bicyclic) bond motifs is 1. The van der Waals surface area contributed by atoms with E-state index in [1.54, 1.807) is 79.0 Å². The number of hydrogen-bond donors (Lipinski definition) is 0. The zero-order chi connectivity index (χ0) is 31.9. The molecule has 43 heavy (non-hydrogen) atoms. The van der Waals surface area contributed by atoms with Crippen LogP contribution in [-0.4, -0.2) is 101 Å². The van der Waals surface area contributed by atoms with Gasteiger partial charge in [0.15, 0.2) is 18.0 Å². The van der Waals surface area contributed by atoms with Crippen molar-refractivity contribution in [2.75, 3.05) is 20.7 Å². The van der Waals surface area contributed by atoms with Gasteiger partial charge in [-0.05, 0) is 53.7 Å². The molecular formula is C27H36N6O10. The number of ether oxygens (including phenoxy) is 7. The molecule has 16 nitrogen and oxygen atoms in total. The number of hydrogen-bond acceptors (Lipinski definition) is 14. The van der Waals surface area contributed by atoms with Crippen LogP contribution < -0.4 is 0 Å². The topological polar surface area (TPSA) is 185 Å². The minimum atomic E-state index is -2.19. The highest BCUT2D eigenvalue weighted by molar-refractivity contribution is 5.71. The molecule has 1 aliphatic rings. The molecule has 0 N–H and O–H groups in total. The van der Waals surface area contributed by atoms with Crippen molar-refractivity contribution < 1.29 is 47.5 Å². The number of aromatic nitrogens is 3. The molecule has 2 aromatic heterocycles. The lowest BCUT2D eigenvalue weighted by atomic mass is 9.95. The molecule has 0 aliphatic carbocycles. The summed E-state index contributed by atoms with van der Waals surface area (Å²) in [6, 6.07) is 5.18. The Balaban J connectivity index is 2.14. The highest BCUT2D eigenvalue weighted by atomic mass is 16.8. The Bertz CT molecular complexity index is 1370. The van der Waals surface area contributed by atoms with E-state index in [0.717, 1.165) is 0 Å². The van der Waals surface area contributed by atoms with Crippen LogP contribution in [0.25, 0.3) is 5.52 Å². The van der Waals surface area contributed by atoms with Gasteiger partial charge in [-0.1, -0.05) is 0 Å². The van der Waals surface area contributed by atoms with Gasteiger partial charge in [0.05, 0.1) is 30.3 Å². The summed E-state index contributed by atoms with van der Waals surface area (Å²) < 4.78 is 39.3. The van der Waals surface area contributed by atoms with E-state index in [9.17, 15) is 19.6 Å². The fourth-order valence-corrected chi connectivity index (χ4v) is 4.01. The van der Waals surface area contributed by atoms with E-state index >= 15 is 0 Å². The fraction of sp³-hybridized carbons (Fsp3) is 0.593. The maximum atomic E-state index is 12.8. The molecule has 0 bridgehead atoms. The predicted molar refractivity (Wildman–Crippen MR) is 148 cm³/mol. The average molecular weight is 605 g/mol. The van der Waals surface area contributed by atoms with Crippen LogP contribution in [0.2, 0.25) is 0 Å². The van der Waals surface area contributed by atoms with Crippen LogP contribution in [0.4, 0.5) is 20.2 Å². The zero-order valence-electron chi connectivity index (χ0n) is 25.2. The summed E-state index contributed by atoms with van der Waals surface area (Å²) in [7, 11) is 3.59. The number of nitriles is 1. The largest absolute Gasteiger partial charge is 0.509 e. The molecule has 1 saturated heterocycles. The molecule has 3 rings (SSSR count). The van der Waals surface area contributed by atoms with E-state index in [4.69, 9.17) is 33.2 Å². The van der Waals surface area contributed by atoms with Crippen LogP contribution in [0.1, 0.15) is 53.3 Å². The lowest BCUT2D eigenvalue weighted by Crippen LogP contribution is -2.50. The van der Waals surface area contributed by atoms with E-state index in [0.29, 0.717) is 11.3 Å². The second-order valence-corrected chi connectivity index (χ2v) is 10.5. The molecule has 1 aliphatic heterocycles. The van der Waals surface area contributed by atoms with Crippen molar-refractivity contribution in [3.05, 3.63) is 24.2 Å². The molecule has 2 aromatic rings. The minimum absolute atomic E-state index is 0.272. The van der Waals surface area contributed by atoms with Gasteiger partial charge >= 0.3 is 18.5 Å². The number of carbonyl (C=O) groups excluding carboxylic acids is 3. The van der Waals surface area contributed by atoms with E-state index in [2.05, 4.69) is 15.1 Å². The first-order valence-corrected chi connectivity index (χ1v) is 13.5. The van der Waals surface area contributed by atoms with Gasteiger partial charge in [-0.15, -0.1) is 0 Å². The Morgan fingerprint density at radius 3 is 2.23 bits per heavy atom. The molecule has 0 aromatic carbocycles. The zero-order valence-corrected chi connectivity index (χ0v) is 25.2. The van der Waals surface area contributed by atoms with Crippen molar-refractivity contribution in [3.8, 4) is 6.07 Å². The summed E-state index contributed by atoms with van der Waals surface area (Å²) in [5.41, 5.74) is -1.47. The Morgan fingerprint density at radius 1 is 1.05 bits per heavy atom. The van der Waals surface area contributed by atoms with Gasteiger partial charge in [0.2, 0.25) is 5.60 Å². The van der Waals surface area contributed by atoms with Gasteiger partial charge in [-0.25, -0.2) is 28.9 Å². The second kappa shape index (κ2) is 14.0. The molecule has 0 saturated carbocycles. The highest BCUT2D eigenvalue weighted by Crippen LogP contribution is 2.44. The van der Waals surface area contributed by atoms with Gasteiger partial charge in [-0.2, -0.15) is 10.4 Å². The van der Waals surface area contributed by atoms with Crippen molar-refractivity contribution in [2.45, 2.75) is 83.8 Å². The molecular weight excluding hydrogens is 568 g/mol. The first-order chi connectivity index (χ1) is 20.3. The Hall–Kier alpha value is -4.65. The summed E-state index contributed by atoms with van der Waals surface area (Å²) in [5.74, 6) is 0.309. The first kappa shape index (κ1) is 32.9. The van der Waals surface area contributed by atoms with Crippen molar-refractivity contribution in [2.24, 2.45) is 4.99 Å². The SMILES string of the molecule is CC(C)OC(=O)OC[C@@]1(C#N)O[C@@H](c2ccc3c(/N=C\N(C)C)ncnn23)[C@H](OC(=O)OC(C)C)[C@@H]1OC(=O)OC(C)C. The fourth-order valence-electron chi connectivity index (χ4n) is 4.01. The minimum Gasteiger partial charge on any atom is -0.432 e. The van der Waals surface area contributed by atoms with Crippen molar-refractivity contribution in [3.63, 3.8) is 0 Å². The molecule has 0 spiro atoms. The summed E-state index contributed by atoms with van der Waals surface area (Å²) in [4.78, 5) is 48.0. The molecule has 16 heteroatoms.